The van der Waals surface area contributed by atoms with Gasteiger partial charge in [-0.2, -0.15) is 0 Å². The van der Waals surface area contributed by atoms with Crippen LogP contribution in [0.1, 0.15) is 52.0 Å². The van der Waals surface area contributed by atoms with Crippen LogP contribution >= 0.6 is 0 Å². The smallest absolute Gasteiger partial charge is 0.336 e. The molecule has 1 fully saturated rings. The highest BCUT2D eigenvalue weighted by molar-refractivity contribution is 6.19. The number of allylic oxidation sites excluding steroid dienone is 8. The maximum atomic E-state index is 13.4. The lowest BCUT2D eigenvalue weighted by Crippen LogP contribution is -2.30. The van der Waals surface area contributed by atoms with Crippen LogP contribution < -0.4 is 5.43 Å². The number of hydrogen-bond acceptors (Lipinski definition) is 8. The van der Waals surface area contributed by atoms with Crippen LogP contribution in [0.25, 0.3) is 49.8 Å². The van der Waals surface area contributed by atoms with Crippen molar-refractivity contribution in [2.45, 2.75) is 31.8 Å². The fourth-order valence-corrected chi connectivity index (χ4v) is 7.59. The van der Waals surface area contributed by atoms with Gasteiger partial charge in [0, 0.05) is 64.9 Å². The number of aliphatic hydroxyl groups is 1. The molecule has 1 atom stereocenters. The van der Waals surface area contributed by atoms with E-state index in [-0.39, 0.29) is 87.8 Å². The van der Waals surface area contributed by atoms with Crippen LogP contribution in [0, 0.1) is 0 Å². The second kappa shape index (κ2) is 12.7. The van der Waals surface area contributed by atoms with Gasteiger partial charge in [-0.15, -0.1) is 0 Å². The first-order chi connectivity index (χ1) is 25.5. The molecule has 2 heterocycles. The topological polar surface area (TPSA) is 172 Å². The highest BCUT2D eigenvalue weighted by Gasteiger charge is 2.38. The molecule has 0 bridgehead atoms. The van der Waals surface area contributed by atoms with Gasteiger partial charge in [0.1, 0.15) is 34.7 Å². The minimum atomic E-state index is -1.36. The van der Waals surface area contributed by atoms with Gasteiger partial charge in [-0.1, -0.05) is 55.1 Å². The van der Waals surface area contributed by atoms with Crippen LogP contribution in [0.5, 0.6) is 5.75 Å². The normalized spacial score (nSPS) is 19.7. The van der Waals surface area contributed by atoms with Gasteiger partial charge in [0.05, 0.1) is 16.9 Å². The third-order valence-electron chi connectivity index (χ3n) is 9.89. The van der Waals surface area contributed by atoms with Crippen LogP contribution in [-0.4, -0.2) is 44.3 Å². The quantitative estimate of drug-likeness (QED) is 0.105. The summed E-state index contributed by atoms with van der Waals surface area (Å²) in [6.45, 7) is 4.24. The van der Waals surface area contributed by atoms with Gasteiger partial charge in [-0.05, 0) is 63.9 Å². The highest BCUT2D eigenvalue weighted by atomic mass is 16.5. The first-order valence-corrected chi connectivity index (χ1v) is 16.8. The lowest BCUT2D eigenvalue weighted by atomic mass is 9.76. The Balaban J connectivity index is 1.51. The Morgan fingerprint density at radius 2 is 1.55 bits per heavy atom. The number of ether oxygens (including phenoxy) is 1. The number of aliphatic hydroxyl groups excluding tert-OH is 1. The van der Waals surface area contributed by atoms with Crippen LogP contribution in [0.15, 0.2) is 135 Å². The van der Waals surface area contributed by atoms with Crippen molar-refractivity contribution >= 4 is 45.0 Å². The molecular formula is C43H30O10. The van der Waals surface area contributed by atoms with Crippen molar-refractivity contribution in [1.29, 1.82) is 0 Å². The monoisotopic (exact) mass is 706 g/mol. The predicted octanol–water partition coefficient (Wildman–Crippen LogP) is 8.49. The molecule has 0 aromatic heterocycles. The van der Waals surface area contributed by atoms with E-state index in [4.69, 9.17) is 9.15 Å². The third kappa shape index (κ3) is 5.61. The number of carbonyl (C=O) groups is 3. The zero-order chi connectivity index (χ0) is 37.1. The minimum Gasteiger partial charge on any atom is -0.512 e. The number of carboxylic acid groups (broad SMARTS) is 2. The molecule has 0 spiro atoms. The van der Waals surface area contributed by atoms with E-state index in [0.29, 0.717) is 49.6 Å². The van der Waals surface area contributed by atoms with Gasteiger partial charge >= 0.3 is 11.9 Å². The second-order valence-electron chi connectivity index (χ2n) is 13.1. The van der Waals surface area contributed by atoms with E-state index >= 15 is 0 Å². The number of fused-ring (bicyclic) bond motifs is 5. The average Bonchev–Trinajstić information content (AvgIpc) is 3.12. The zero-order valence-corrected chi connectivity index (χ0v) is 28.0. The summed E-state index contributed by atoms with van der Waals surface area (Å²) in [6, 6.07) is 15.0. The number of ketones is 1. The molecule has 262 valence electrons. The summed E-state index contributed by atoms with van der Waals surface area (Å²) in [5.74, 6) is -2.64. The molecule has 10 nitrogen and oxygen atoms in total. The molecule has 2 aliphatic heterocycles. The largest absolute Gasteiger partial charge is 0.512 e. The lowest BCUT2D eigenvalue weighted by Gasteiger charge is -2.36. The number of hydrogen-bond donors (Lipinski definition) is 4. The number of benzene rings is 4. The van der Waals surface area contributed by atoms with E-state index in [2.05, 4.69) is 6.58 Å². The van der Waals surface area contributed by atoms with E-state index in [9.17, 15) is 39.6 Å². The fraction of sp³-hybridized carbons (Fsp3) is 0.116. The van der Waals surface area contributed by atoms with Crippen molar-refractivity contribution in [3.05, 3.63) is 153 Å². The maximum absolute atomic E-state index is 13.4. The second-order valence-corrected chi connectivity index (χ2v) is 13.1. The number of Topliss-reactive ketones (excluding diaryl/α,β-unsaturated/α-hetero) is 1. The van der Waals surface area contributed by atoms with E-state index < -0.39 is 18.0 Å². The van der Waals surface area contributed by atoms with Gasteiger partial charge in [0.15, 0.2) is 5.43 Å². The molecule has 0 radical (unpaired) electrons. The molecule has 3 aromatic carbocycles. The van der Waals surface area contributed by atoms with E-state index in [0.717, 1.165) is 0 Å². The number of phenolic OH excluding ortho intramolecular Hbond substituents is 1. The van der Waals surface area contributed by atoms with Crippen molar-refractivity contribution in [1.82, 2.24) is 0 Å². The number of carbonyl (C=O) groups excluding carboxylic acids is 1. The van der Waals surface area contributed by atoms with Crippen LogP contribution in [0.4, 0.5) is 0 Å². The fourth-order valence-electron chi connectivity index (χ4n) is 7.59. The van der Waals surface area contributed by atoms with Gasteiger partial charge in [0.25, 0.3) is 0 Å². The molecular weight excluding hydrogens is 676 g/mol. The highest BCUT2D eigenvalue weighted by Crippen LogP contribution is 2.50. The summed E-state index contributed by atoms with van der Waals surface area (Å²) in [5, 5.41) is 45.0. The molecule has 0 saturated heterocycles. The lowest BCUT2D eigenvalue weighted by molar-refractivity contribution is -0.122. The average molecular weight is 707 g/mol. The first-order valence-electron chi connectivity index (χ1n) is 16.8. The molecule has 8 rings (SSSR count). The molecule has 10 heteroatoms. The van der Waals surface area contributed by atoms with E-state index in [1.807, 2.05) is 0 Å². The maximum Gasteiger partial charge on any atom is 0.336 e. The summed E-state index contributed by atoms with van der Waals surface area (Å²) < 4.78 is 12.5. The standard InChI is InChI=1S/C43H30O10/c1-21-7-3-2-4-8-22(44)17-36-38(21)39(27-13-11-23(45)15-34(27)52-36)29-18-32(43(50)51)30(19-31(29)42(48)49)40-28-14-12-24(46)16-35(28)53-37-20-33(47)25-9-5-6-10-26(25)41(37)40/h2-7,9-10,12,14,16-20,34,44,47H,1,8,11,13,15H2,(H,48,49)(H,50,51)/b4-2-,7-3-,22-17+. The summed E-state index contributed by atoms with van der Waals surface area (Å²) >= 11 is 0. The molecule has 5 aliphatic rings. The number of phenols is 1. The summed E-state index contributed by atoms with van der Waals surface area (Å²) in [6.07, 6.45) is 8.13. The Labute approximate surface area is 301 Å². The van der Waals surface area contributed by atoms with Gasteiger partial charge in [-0.25, -0.2) is 9.59 Å². The molecule has 53 heavy (non-hydrogen) atoms. The Kier molecular flexibility index (Phi) is 7.95. The Bertz CT molecular complexity index is 2680. The SMILES string of the molecule is C=C1/C=C\C=C/C/C(O)=C\C2=C1C(c1cc(C(=O)O)c(-c3c4ccc(=O)cc-4oc4cc(O)c5ccccc5c34)cc1C(=O)O)=C1CCC(=O)CC1O2. The van der Waals surface area contributed by atoms with Crippen molar-refractivity contribution in [2.75, 3.05) is 0 Å². The van der Waals surface area contributed by atoms with Crippen LogP contribution in [0.3, 0.4) is 0 Å². The van der Waals surface area contributed by atoms with E-state index in [1.54, 1.807) is 48.6 Å². The molecule has 0 amide bonds. The summed E-state index contributed by atoms with van der Waals surface area (Å²) in [5.41, 5.74) is 1.77. The molecule has 1 saturated carbocycles. The van der Waals surface area contributed by atoms with Crippen molar-refractivity contribution < 1.29 is 44.0 Å². The third-order valence-corrected chi connectivity index (χ3v) is 9.89. The first kappa shape index (κ1) is 33.2. The molecule has 4 N–H and O–H groups in total. The summed E-state index contributed by atoms with van der Waals surface area (Å²) in [4.78, 5) is 52.1. The number of carboxylic acids is 2. The van der Waals surface area contributed by atoms with Crippen LogP contribution in [-0.2, 0) is 9.53 Å². The van der Waals surface area contributed by atoms with Gasteiger partial charge < -0.3 is 29.6 Å². The van der Waals surface area contributed by atoms with Crippen LogP contribution in [0.2, 0.25) is 0 Å². The Hall–Kier alpha value is -6.94. The number of aromatic carboxylic acids is 2. The minimum absolute atomic E-state index is 0.00578. The zero-order valence-electron chi connectivity index (χ0n) is 28.0. The van der Waals surface area contributed by atoms with Crippen molar-refractivity contribution in [3.63, 3.8) is 0 Å². The summed E-state index contributed by atoms with van der Waals surface area (Å²) in [7, 11) is 0. The number of aromatic hydroxyl groups is 1. The van der Waals surface area contributed by atoms with Gasteiger partial charge in [-0.3, -0.25) is 9.59 Å². The molecule has 3 aliphatic carbocycles. The van der Waals surface area contributed by atoms with E-state index in [1.165, 1.54) is 42.5 Å². The molecule has 1 unspecified atom stereocenters. The molecule has 3 aromatic rings. The number of rotatable bonds is 4. The Morgan fingerprint density at radius 1 is 0.811 bits per heavy atom. The predicted molar refractivity (Wildman–Crippen MR) is 198 cm³/mol. The Morgan fingerprint density at radius 3 is 2.32 bits per heavy atom. The van der Waals surface area contributed by atoms with Crippen molar-refractivity contribution in [2.24, 2.45) is 0 Å². The van der Waals surface area contributed by atoms with Crippen molar-refractivity contribution in [3.8, 4) is 28.2 Å². The van der Waals surface area contributed by atoms with Gasteiger partial charge in [0.2, 0.25) is 0 Å².